The minimum absolute atomic E-state index is 1.32. The van der Waals surface area contributed by atoms with Crippen LogP contribution in [0, 0.1) is 27.7 Å². The van der Waals surface area contributed by atoms with E-state index in [1.807, 2.05) is 0 Å². The van der Waals surface area contributed by atoms with Crippen molar-refractivity contribution in [2.75, 3.05) is 0 Å². The normalized spacial score (nSPS) is 11.6. The third kappa shape index (κ3) is 1.22. The van der Waals surface area contributed by atoms with Gasteiger partial charge in [-0.1, -0.05) is 18.2 Å². The lowest BCUT2D eigenvalue weighted by Crippen LogP contribution is -1.96. The Morgan fingerprint density at radius 2 is 1.39 bits per heavy atom. The van der Waals surface area contributed by atoms with Crippen molar-refractivity contribution < 1.29 is 0 Å². The summed E-state index contributed by atoms with van der Waals surface area (Å²) in [6.45, 7) is 8.95. The number of para-hydroxylation sites is 1. The molecule has 0 atom stereocenters. The monoisotopic (exact) mass is 237 g/mol. The highest BCUT2D eigenvalue weighted by molar-refractivity contribution is 6.11. The molecule has 0 amide bonds. The van der Waals surface area contributed by atoms with Gasteiger partial charge in [-0.15, -0.1) is 0 Å². The highest BCUT2D eigenvalue weighted by Gasteiger charge is 2.15. The van der Waals surface area contributed by atoms with E-state index in [0.29, 0.717) is 0 Å². The molecular weight excluding hydrogens is 218 g/mol. The van der Waals surface area contributed by atoms with Crippen LogP contribution in [-0.4, -0.2) is 4.57 Å². The Balaban J connectivity index is 2.73. The number of aromatic nitrogens is 1. The Bertz CT molecular complexity index is 775. The zero-order valence-electron chi connectivity index (χ0n) is 11.8. The second-order valence-electron chi connectivity index (χ2n) is 5.30. The number of hydrogen-bond donors (Lipinski definition) is 0. The largest absolute Gasteiger partial charge is 0.343 e. The van der Waals surface area contributed by atoms with Gasteiger partial charge < -0.3 is 4.57 Å². The van der Waals surface area contributed by atoms with Crippen LogP contribution in [0.5, 0.6) is 0 Å². The van der Waals surface area contributed by atoms with Gasteiger partial charge in [0.15, 0.2) is 0 Å². The highest BCUT2D eigenvalue weighted by Crippen LogP contribution is 2.36. The van der Waals surface area contributed by atoms with Crippen molar-refractivity contribution in [1.29, 1.82) is 0 Å². The van der Waals surface area contributed by atoms with Gasteiger partial charge in [0.2, 0.25) is 0 Å². The molecular formula is C17H19N. The summed E-state index contributed by atoms with van der Waals surface area (Å²) in [7, 11) is 2.17. The molecule has 0 saturated carbocycles. The minimum atomic E-state index is 1.32. The van der Waals surface area contributed by atoms with Crippen LogP contribution in [0.2, 0.25) is 0 Å². The van der Waals surface area contributed by atoms with Gasteiger partial charge in [-0.05, 0) is 56.0 Å². The number of nitrogens with zero attached hydrogens (tertiary/aromatic N) is 1. The van der Waals surface area contributed by atoms with Crippen molar-refractivity contribution in [3.63, 3.8) is 0 Å². The lowest BCUT2D eigenvalue weighted by Gasteiger charge is -2.12. The van der Waals surface area contributed by atoms with E-state index in [1.54, 1.807) is 0 Å². The number of benzene rings is 2. The van der Waals surface area contributed by atoms with Gasteiger partial charge in [-0.2, -0.15) is 0 Å². The first kappa shape index (κ1) is 11.3. The molecule has 1 heteroatoms. The second-order valence-corrected chi connectivity index (χ2v) is 5.30. The van der Waals surface area contributed by atoms with Gasteiger partial charge in [0.25, 0.3) is 0 Å². The molecule has 0 unspecified atom stereocenters. The van der Waals surface area contributed by atoms with E-state index in [2.05, 4.69) is 63.6 Å². The fourth-order valence-corrected chi connectivity index (χ4v) is 3.14. The molecule has 0 aliphatic heterocycles. The maximum Gasteiger partial charge on any atom is 0.0523 e. The SMILES string of the molecule is Cc1c(C)c(C)c2c(c1C)c1ccccc1n2C. The fraction of sp³-hybridized carbons (Fsp3) is 0.294. The maximum atomic E-state index is 2.33. The second kappa shape index (κ2) is 3.61. The summed E-state index contributed by atoms with van der Waals surface area (Å²) in [4.78, 5) is 0. The topological polar surface area (TPSA) is 4.93 Å². The van der Waals surface area contributed by atoms with Crippen LogP contribution in [0.15, 0.2) is 24.3 Å². The van der Waals surface area contributed by atoms with Crippen molar-refractivity contribution >= 4 is 21.8 Å². The average Bonchev–Trinajstić information content (AvgIpc) is 2.68. The summed E-state index contributed by atoms with van der Waals surface area (Å²) in [5, 5.41) is 2.80. The van der Waals surface area contributed by atoms with Crippen LogP contribution < -0.4 is 0 Å². The quantitative estimate of drug-likeness (QED) is 0.540. The summed E-state index contributed by atoms with van der Waals surface area (Å²) in [5.74, 6) is 0. The van der Waals surface area contributed by atoms with Gasteiger partial charge in [-0.3, -0.25) is 0 Å². The molecule has 3 rings (SSSR count). The zero-order chi connectivity index (χ0) is 13.0. The molecule has 92 valence electrons. The molecule has 0 radical (unpaired) electrons. The van der Waals surface area contributed by atoms with E-state index in [9.17, 15) is 0 Å². The minimum Gasteiger partial charge on any atom is -0.343 e. The van der Waals surface area contributed by atoms with Gasteiger partial charge in [-0.25, -0.2) is 0 Å². The molecule has 0 bridgehead atoms. The summed E-state index contributed by atoms with van der Waals surface area (Å²) in [6.07, 6.45) is 0. The van der Waals surface area contributed by atoms with Gasteiger partial charge >= 0.3 is 0 Å². The van der Waals surface area contributed by atoms with E-state index in [4.69, 9.17) is 0 Å². The molecule has 1 aromatic heterocycles. The van der Waals surface area contributed by atoms with Crippen LogP contribution in [0.4, 0.5) is 0 Å². The van der Waals surface area contributed by atoms with Crippen molar-refractivity contribution in [1.82, 2.24) is 4.57 Å². The summed E-state index contributed by atoms with van der Waals surface area (Å²) in [5.41, 5.74) is 8.39. The van der Waals surface area contributed by atoms with Gasteiger partial charge in [0, 0.05) is 23.3 Å². The fourth-order valence-electron chi connectivity index (χ4n) is 3.14. The third-order valence-electron chi connectivity index (χ3n) is 4.52. The first-order valence-electron chi connectivity index (χ1n) is 6.47. The van der Waals surface area contributed by atoms with Crippen LogP contribution in [-0.2, 0) is 7.05 Å². The molecule has 0 aliphatic rings. The third-order valence-corrected chi connectivity index (χ3v) is 4.52. The van der Waals surface area contributed by atoms with Crippen molar-refractivity contribution in [2.24, 2.45) is 7.05 Å². The Kier molecular flexibility index (Phi) is 2.28. The number of aryl methyl sites for hydroxylation is 3. The standard InChI is InChI=1S/C17H19N/c1-10-11(2)13(4)17-16(12(10)3)14-8-6-7-9-15(14)18(17)5/h6-9H,1-5H3. The first-order valence-corrected chi connectivity index (χ1v) is 6.47. The first-order chi connectivity index (χ1) is 8.54. The van der Waals surface area contributed by atoms with E-state index >= 15 is 0 Å². The van der Waals surface area contributed by atoms with Gasteiger partial charge in [0.1, 0.15) is 0 Å². The molecule has 0 aliphatic carbocycles. The smallest absolute Gasteiger partial charge is 0.0523 e. The molecule has 0 fully saturated rings. The maximum absolute atomic E-state index is 2.33. The highest BCUT2D eigenvalue weighted by atomic mass is 14.9. The average molecular weight is 237 g/mol. The summed E-state index contributed by atoms with van der Waals surface area (Å²) < 4.78 is 2.33. The van der Waals surface area contributed by atoms with Crippen molar-refractivity contribution in [3.8, 4) is 0 Å². The molecule has 3 aromatic rings. The Labute approximate surface area is 108 Å². The molecule has 0 saturated heterocycles. The predicted octanol–water partition coefficient (Wildman–Crippen LogP) is 4.57. The Morgan fingerprint density at radius 1 is 0.778 bits per heavy atom. The van der Waals surface area contributed by atoms with Crippen LogP contribution >= 0.6 is 0 Å². The van der Waals surface area contributed by atoms with E-state index in [-0.39, 0.29) is 0 Å². The van der Waals surface area contributed by atoms with E-state index in [1.165, 1.54) is 44.1 Å². The Hall–Kier alpha value is -1.76. The molecule has 2 aromatic carbocycles. The Morgan fingerprint density at radius 3 is 2.11 bits per heavy atom. The number of hydrogen-bond acceptors (Lipinski definition) is 0. The lowest BCUT2D eigenvalue weighted by atomic mass is 9.94. The summed E-state index contributed by atoms with van der Waals surface area (Å²) in [6, 6.07) is 8.69. The van der Waals surface area contributed by atoms with E-state index < -0.39 is 0 Å². The van der Waals surface area contributed by atoms with Crippen molar-refractivity contribution in [2.45, 2.75) is 27.7 Å². The van der Waals surface area contributed by atoms with E-state index in [0.717, 1.165) is 0 Å². The molecule has 1 nitrogen and oxygen atoms in total. The molecule has 0 spiro atoms. The molecule has 18 heavy (non-hydrogen) atoms. The molecule has 0 N–H and O–H groups in total. The lowest BCUT2D eigenvalue weighted by molar-refractivity contribution is 1.00. The van der Waals surface area contributed by atoms with Crippen LogP contribution in [0.1, 0.15) is 22.3 Å². The summed E-state index contributed by atoms with van der Waals surface area (Å²) >= 11 is 0. The van der Waals surface area contributed by atoms with Crippen molar-refractivity contribution in [3.05, 3.63) is 46.5 Å². The zero-order valence-corrected chi connectivity index (χ0v) is 11.8. The number of fused-ring (bicyclic) bond motifs is 3. The van der Waals surface area contributed by atoms with Gasteiger partial charge in [0.05, 0.1) is 5.52 Å². The molecule has 1 heterocycles. The number of rotatable bonds is 0. The van der Waals surface area contributed by atoms with Crippen LogP contribution in [0.25, 0.3) is 21.8 Å². The predicted molar refractivity (Wildman–Crippen MR) is 79.4 cm³/mol. The van der Waals surface area contributed by atoms with Crippen LogP contribution in [0.3, 0.4) is 0 Å².